The van der Waals surface area contributed by atoms with E-state index in [-0.39, 0.29) is 5.91 Å². The Bertz CT molecular complexity index is 1700. The SMILES string of the molecule is CCCC(=O)Nc1cncc(-c2ccc3[nH]nc(-c4cc5c(-c6cccnc6)cccc5[nH]4)c3n2)c1. The molecule has 0 unspecified atom stereocenters. The quantitative estimate of drug-likeness (QED) is 0.276. The molecule has 0 atom stereocenters. The van der Waals surface area contributed by atoms with Crippen molar-refractivity contribution in [2.45, 2.75) is 19.8 Å². The first-order valence-electron chi connectivity index (χ1n) is 11.8. The van der Waals surface area contributed by atoms with Crippen molar-refractivity contribution in [3.05, 3.63) is 79.4 Å². The number of amides is 1. The summed E-state index contributed by atoms with van der Waals surface area (Å²) in [6, 6.07) is 18.0. The van der Waals surface area contributed by atoms with Crippen molar-refractivity contribution in [2.75, 3.05) is 5.32 Å². The van der Waals surface area contributed by atoms with E-state index in [4.69, 9.17) is 4.98 Å². The third kappa shape index (κ3) is 3.98. The summed E-state index contributed by atoms with van der Waals surface area (Å²) in [4.78, 5) is 29.0. The van der Waals surface area contributed by atoms with Gasteiger partial charge >= 0.3 is 0 Å². The van der Waals surface area contributed by atoms with E-state index in [1.807, 2.05) is 43.5 Å². The number of anilines is 1. The summed E-state index contributed by atoms with van der Waals surface area (Å²) >= 11 is 0. The fraction of sp³-hybridized carbons (Fsp3) is 0.107. The molecule has 8 nitrogen and oxygen atoms in total. The van der Waals surface area contributed by atoms with Gasteiger partial charge in [0.15, 0.2) is 0 Å². The molecule has 1 aromatic carbocycles. The number of aromatic nitrogens is 6. The van der Waals surface area contributed by atoms with Crippen molar-refractivity contribution in [2.24, 2.45) is 0 Å². The van der Waals surface area contributed by atoms with Crippen LogP contribution < -0.4 is 5.32 Å². The topological polar surface area (TPSA) is 112 Å². The number of H-pyrrole nitrogens is 2. The van der Waals surface area contributed by atoms with Gasteiger partial charge in [-0.1, -0.05) is 25.1 Å². The largest absolute Gasteiger partial charge is 0.353 e. The normalized spacial score (nSPS) is 11.2. The van der Waals surface area contributed by atoms with Crippen LogP contribution >= 0.6 is 0 Å². The van der Waals surface area contributed by atoms with Crippen LogP contribution in [0.4, 0.5) is 5.69 Å². The van der Waals surface area contributed by atoms with Gasteiger partial charge in [-0.2, -0.15) is 5.10 Å². The lowest BCUT2D eigenvalue weighted by molar-refractivity contribution is -0.116. The summed E-state index contributed by atoms with van der Waals surface area (Å²) in [6.07, 6.45) is 8.29. The van der Waals surface area contributed by atoms with Crippen LogP contribution in [-0.2, 0) is 4.79 Å². The van der Waals surface area contributed by atoms with E-state index >= 15 is 0 Å². The van der Waals surface area contributed by atoms with Gasteiger partial charge in [0, 0.05) is 47.0 Å². The molecular formula is C28H23N7O. The lowest BCUT2D eigenvalue weighted by atomic mass is 10.0. The van der Waals surface area contributed by atoms with Gasteiger partial charge in [0.2, 0.25) is 5.91 Å². The second-order valence-corrected chi connectivity index (χ2v) is 8.62. The Hall–Kier alpha value is -4.85. The summed E-state index contributed by atoms with van der Waals surface area (Å²) in [5.41, 5.74) is 8.57. The van der Waals surface area contributed by atoms with Crippen molar-refractivity contribution in [3.63, 3.8) is 0 Å². The molecule has 5 aromatic heterocycles. The first kappa shape index (κ1) is 21.7. The van der Waals surface area contributed by atoms with Gasteiger partial charge in [-0.15, -0.1) is 0 Å². The summed E-state index contributed by atoms with van der Waals surface area (Å²) in [5, 5.41) is 11.7. The molecule has 0 spiro atoms. The molecule has 0 saturated heterocycles. The standard InChI is InChI=1S/C28H23N7O/c1-2-5-26(36)31-19-12-18(15-30-16-19)22-9-10-24-27(33-22)28(35-34-24)25-13-21-20(7-3-8-23(21)32-25)17-6-4-11-29-14-17/h3-4,6-16,32H,2,5H2,1H3,(H,31,36)(H,34,35). The van der Waals surface area contributed by atoms with Gasteiger partial charge in [0.25, 0.3) is 0 Å². The molecule has 0 aliphatic heterocycles. The molecule has 36 heavy (non-hydrogen) atoms. The molecule has 3 N–H and O–H groups in total. The third-order valence-corrected chi connectivity index (χ3v) is 6.09. The zero-order chi connectivity index (χ0) is 24.5. The van der Waals surface area contributed by atoms with Crippen molar-refractivity contribution < 1.29 is 4.79 Å². The van der Waals surface area contributed by atoms with Crippen molar-refractivity contribution in [3.8, 4) is 33.8 Å². The van der Waals surface area contributed by atoms with E-state index in [0.29, 0.717) is 12.1 Å². The Morgan fingerprint density at radius 1 is 0.944 bits per heavy atom. The number of carbonyl (C=O) groups excluding carboxylic acids is 1. The predicted octanol–water partition coefficient (Wildman–Crippen LogP) is 5.97. The van der Waals surface area contributed by atoms with Crippen LogP contribution in [-0.4, -0.2) is 36.0 Å². The van der Waals surface area contributed by atoms with Crippen molar-refractivity contribution >= 4 is 33.5 Å². The fourth-order valence-electron chi connectivity index (χ4n) is 4.40. The highest BCUT2D eigenvalue weighted by atomic mass is 16.1. The van der Waals surface area contributed by atoms with Crippen LogP contribution in [0.25, 0.3) is 55.7 Å². The molecule has 6 aromatic rings. The van der Waals surface area contributed by atoms with Crippen molar-refractivity contribution in [1.82, 2.24) is 30.1 Å². The van der Waals surface area contributed by atoms with E-state index in [1.165, 1.54) is 0 Å². The molecular weight excluding hydrogens is 450 g/mol. The maximum absolute atomic E-state index is 12.0. The smallest absolute Gasteiger partial charge is 0.224 e. The maximum Gasteiger partial charge on any atom is 0.224 e. The summed E-state index contributed by atoms with van der Waals surface area (Å²) in [6.45, 7) is 1.97. The number of hydrogen-bond acceptors (Lipinski definition) is 5. The number of carbonyl (C=O) groups is 1. The van der Waals surface area contributed by atoms with Crippen molar-refractivity contribution in [1.29, 1.82) is 0 Å². The first-order valence-corrected chi connectivity index (χ1v) is 11.8. The molecule has 0 fully saturated rings. The lowest BCUT2D eigenvalue weighted by Crippen LogP contribution is -2.10. The monoisotopic (exact) mass is 473 g/mol. The number of nitrogens with zero attached hydrogens (tertiary/aromatic N) is 4. The van der Waals surface area contributed by atoms with Crippen LogP contribution in [0.2, 0.25) is 0 Å². The number of aromatic amines is 2. The van der Waals surface area contributed by atoms with Crippen LogP contribution in [0.1, 0.15) is 19.8 Å². The lowest BCUT2D eigenvalue weighted by Gasteiger charge is -2.06. The Kier molecular flexibility index (Phi) is 5.46. The first-order chi connectivity index (χ1) is 17.7. The number of hydrogen-bond donors (Lipinski definition) is 3. The summed E-state index contributed by atoms with van der Waals surface area (Å²) < 4.78 is 0. The Labute approximate surface area is 206 Å². The second kappa shape index (κ2) is 9.07. The van der Waals surface area contributed by atoms with Gasteiger partial charge in [-0.3, -0.25) is 19.9 Å². The maximum atomic E-state index is 12.0. The highest BCUT2D eigenvalue weighted by Gasteiger charge is 2.16. The molecule has 0 bridgehead atoms. The number of rotatable bonds is 6. The molecule has 0 aliphatic carbocycles. The molecule has 176 valence electrons. The van der Waals surface area contributed by atoms with E-state index in [0.717, 1.165) is 62.1 Å². The van der Waals surface area contributed by atoms with Crippen LogP contribution in [0, 0.1) is 0 Å². The Balaban J connectivity index is 1.40. The second-order valence-electron chi connectivity index (χ2n) is 8.62. The number of benzene rings is 1. The molecule has 0 radical (unpaired) electrons. The molecule has 0 saturated carbocycles. The van der Waals surface area contributed by atoms with Gasteiger partial charge in [0.05, 0.1) is 28.8 Å². The minimum atomic E-state index is -0.0264. The van der Waals surface area contributed by atoms with E-state index in [2.05, 4.69) is 54.7 Å². The van der Waals surface area contributed by atoms with Gasteiger partial charge < -0.3 is 10.3 Å². The summed E-state index contributed by atoms with van der Waals surface area (Å²) in [5.74, 6) is -0.0264. The van der Waals surface area contributed by atoms with E-state index in [9.17, 15) is 4.79 Å². The Morgan fingerprint density at radius 2 is 1.86 bits per heavy atom. The van der Waals surface area contributed by atoms with Crippen LogP contribution in [0.3, 0.4) is 0 Å². The highest BCUT2D eigenvalue weighted by Crippen LogP contribution is 2.34. The highest BCUT2D eigenvalue weighted by molar-refractivity contribution is 6.00. The molecule has 1 amide bonds. The van der Waals surface area contributed by atoms with E-state index in [1.54, 1.807) is 18.6 Å². The van der Waals surface area contributed by atoms with Crippen LogP contribution in [0.5, 0.6) is 0 Å². The average molecular weight is 474 g/mol. The predicted molar refractivity (Wildman–Crippen MR) is 141 cm³/mol. The van der Waals surface area contributed by atoms with Gasteiger partial charge in [-0.25, -0.2) is 4.98 Å². The number of pyridine rings is 3. The molecule has 0 aliphatic rings. The van der Waals surface area contributed by atoms with Gasteiger partial charge in [0.1, 0.15) is 11.2 Å². The summed E-state index contributed by atoms with van der Waals surface area (Å²) in [7, 11) is 0. The molecule has 6 rings (SSSR count). The zero-order valence-electron chi connectivity index (χ0n) is 19.6. The minimum Gasteiger partial charge on any atom is -0.353 e. The fourth-order valence-corrected chi connectivity index (χ4v) is 4.40. The number of nitrogens with one attached hydrogen (secondary N) is 3. The average Bonchev–Trinajstić information content (AvgIpc) is 3.53. The Morgan fingerprint density at radius 3 is 2.72 bits per heavy atom. The third-order valence-electron chi connectivity index (χ3n) is 6.09. The molecule has 5 heterocycles. The number of fused-ring (bicyclic) bond motifs is 2. The van der Waals surface area contributed by atoms with Gasteiger partial charge in [-0.05, 0) is 48.4 Å². The zero-order valence-corrected chi connectivity index (χ0v) is 19.6. The molecule has 8 heteroatoms. The van der Waals surface area contributed by atoms with Crippen LogP contribution in [0.15, 0.2) is 79.4 Å². The minimum absolute atomic E-state index is 0.0264. The van der Waals surface area contributed by atoms with E-state index < -0.39 is 0 Å².